The molecule has 32 heavy (non-hydrogen) atoms. The summed E-state index contributed by atoms with van der Waals surface area (Å²) in [6.07, 6.45) is -0.128. The van der Waals surface area contributed by atoms with Crippen LogP contribution in [0.2, 0.25) is 10.6 Å². The van der Waals surface area contributed by atoms with Crippen molar-refractivity contribution in [2.24, 2.45) is 0 Å². The summed E-state index contributed by atoms with van der Waals surface area (Å²) in [5.41, 5.74) is -1.34. The summed E-state index contributed by atoms with van der Waals surface area (Å²) in [5.74, 6) is -0.554. The molecule has 0 aliphatic rings. The van der Waals surface area contributed by atoms with Crippen LogP contribution in [0, 0.1) is 0 Å². The zero-order valence-corrected chi connectivity index (χ0v) is 21.0. The van der Waals surface area contributed by atoms with Crippen LogP contribution in [0.4, 0.5) is 0 Å². The third-order valence-corrected chi connectivity index (χ3v) is 4.84. The summed E-state index contributed by atoms with van der Waals surface area (Å²) in [6, 6.07) is 6.74. The number of benzene rings is 1. The average molecular weight is 502 g/mol. The topological polar surface area (TPSA) is 101 Å². The number of carbonyl (C=O) groups is 2. The van der Waals surface area contributed by atoms with Gasteiger partial charge in [-0.15, -0.1) is 11.8 Å². The Bertz CT molecular complexity index is 939. The van der Waals surface area contributed by atoms with Gasteiger partial charge in [0, 0.05) is 4.90 Å². The lowest BCUT2D eigenvalue weighted by Crippen LogP contribution is -2.33. The van der Waals surface area contributed by atoms with Crippen molar-refractivity contribution in [2.75, 3.05) is 0 Å². The normalized spacial score (nSPS) is 12.8. The fourth-order valence-corrected chi connectivity index (χ4v) is 3.62. The van der Waals surface area contributed by atoms with Crippen LogP contribution in [0.15, 0.2) is 29.2 Å². The first-order valence-corrected chi connectivity index (χ1v) is 11.3. The van der Waals surface area contributed by atoms with Gasteiger partial charge in [-0.1, -0.05) is 0 Å². The van der Waals surface area contributed by atoms with Crippen LogP contribution in [0.25, 0.3) is 0 Å². The number of hydrogen-bond acceptors (Lipinski definition) is 9. The second-order valence-corrected chi connectivity index (χ2v) is 10.6. The highest BCUT2D eigenvalue weighted by molar-refractivity contribution is 8.00. The molecule has 0 spiro atoms. The monoisotopic (exact) mass is 501 g/mol. The number of thioether (sulfide) groups is 1. The highest BCUT2D eigenvalue weighted by atomic mass is 35.5. The summed E-state index contributed by atoms with van der Waals surface area (Å²) in [5, 5.41) is -0.957. The number of esters is 2. The fourth-order valence-electron chi connectivity index (χ4n) is 2.29. The molecule has 0 amide bonds. The third-order valence-electron chi connectivity index (χ3n) is 3.31. The zero-order valence-electron chi connectivity index (χ0n) is 18.6. The van der Waals surface area contributed by atoms with Gasteiger partial charge in [0.05, 0.1) is 6.42 Å². The van der Waals surface area contributed by atoms with E-state index in [1.165, 1.54) is 11.8 Å². The Kier molecular flexibility index (Phi) is 8.73. The molecule has 0 fully saturated rings. The zero-order chi connectivity index (χ0) is 24.1. The largest absolute Gasteiger partial charge is 0.460 e. The molecule has 1 heterocycles. The first-order valence-electron chi connectivity index (χ1n) is 9.66. The van der Waals surface area contributed by atoms with E-state index in [1.54, 1.807) is 65.8 Å². The molecule has 1 aromatic heterocycles. The lowest BCUT2D eigenvalue weighted by atomic mass is 10.2. The number of halogens is 2. The molecule has 0 saturated heterocycles. The summed E-state index contributed by atoms with van der Waals surface area (Å²) < 4.78 is 16.4. The van der Waals surface area contributed by atoms with Gasteiger partial charge in [-0.05, 0) is 89.0 Å². The third kappa shape index (κ3) is 9.58. The smallest absolute Gasteiger partial charge is 0.327 e. The highest BCUT2D eigenvalue weighted by Gasteiger charge is 2.30. The molecule has 0 bridgehead atoms. The Morgan fingerprint density at radius 1 is 0.906 bits per heavy atom. The first kappa shape index (κ1) is 26.2. The van der Waals surface area contributed by atoms with Crippen molar-refractivity contribution >= 4 is 46.9 Å². The molecule has 1 aromatic carbocycles. The van der Waals surface area contributed by atoms with E-state index in [0.717, 1.165) is 4.90 Å². The Morgan fingerprint density at radius 2 is 1.44 bits per heavy atom. The standard InChI is InChI=1S/C21H25Cl2N3O5S/c1-20(2,3)30-15(27)11-14(16(28)31-21(4,5)6)32-13-9-7-12(8-10-13)29-19-25-17(22)24-18(23)26-19/h7-10,14H,11H2,1-6H3. The van der Waals surface area contributed by atoms with Gasteiger partial charge in [0.15, 0.2) is 0 Å². The maximum Gasteiger partial charge on any atom is 0.327 e. The number of nitrogens with zero attached hydrogens (tertiary/aromatic N) is 3. The van der Waals surface area contributed by atoms with Gasteiger partial charge in [0.1, 0.15) is 22.2 Å². The average Bonchev–Trinajstić information content (AvgIpc) is 2.58. The second-order valence-electron chi connectivity index (χ2n) is 8.66. The van der Waals surface area contributed by atoms with Gasteiger partial charge in [-0.25, -0.2) is 0 Å². The molecule has 0 radical (unpaired) electrons. The Hall–Kier alpha value is -2.10. The van der Waals surface area contributed by atoms with Gasteiger partial charge in [0.2, 0.25) is 10.6 Å². The summed E-state index contributed by atoms with van der Waals surface area (Å²) in [4.78, 5) is 37.1. The maximum absolute atomic E-state index is 12.7. The van der Waals surface area contributed by atoms with Crippen molar-refractivity contribution < 1.29 is 23.8 Å². The van der Waals surface area contributed by atoms with Crippen LogP contribution in [-0.2, 0) is 19.1 Å². The molecule has 0 aliphatic heterocycles. The van der Waals surface area contributed by atoms with Crippen LogP contribution >= 0.6 is 35.0 Å². The molecule has 0 saturated carbocycles. The van der Waals surface area contributed by atoms with E-state index in [0.29, 0.717) is 5.75 Å². The predicted molar refractivity (Wildman–Crippen MR) is 122 cm³/mol. The van der Waals surface area contributed by atoms with E-state index in [2.05, 4.69) is 15.0 Å². The minimum atomic E-state index is -0.781. The van der Waals surface area contributed by atoms with Crippen molar-refractivity contribution in [1.82, 2.24) is 15.0 Å². The molecule has 0 aliphatic carbocycles. The quantitative estimate of drug-likeness (QED) is 0.359. The van der Waals surface area contributed by atoms with Crippen molar-refractivity contribution in [3.63, 3.8) is 0 Å². The van der Waals surface area contributed by atoms with E-state index in [-0.39, 0.29) is 23.0 Å². The first-order chi connectivity index (χ1) is 14.7. The van der Waals surface area contributed by atoms with Gasteiger partial charge >= 0.3 is 17.9 Å². The van der Waals surface area contributed by atoms with Crippen LogP contribution < -0.4 is 4.74 Å². The number of hydrogen-bond donors (Lipinski definition) is 0. The minimum Gasteiger partial charge on any atom is -0.460 e. The van der Waals surface area contributed by atoms with Gasteiger partial charge < -0.3 is 14.2 Å². The predicted octanol–water partition coefficient (Wildman–Crippen LogP) is 5.50. The minimum absolute atomic E-state index is 0.0491. The second kappa shape index (κ2) is 10.7. The van der Waals surface area contributed by atoms with Crippen LogP contribution in [-0.4, -0.2) is 43.3 Å². The van der Waals surface area contributed by atoms with E-state index in [1.807, 2.05) is 0 Å². The molecule has 1 unspecified atom stereocenters. The van der Waals surface area contributed by atoms with Crippen molar-refractivity contribution in [3.05, 3.63) is 34.8 Å². The summed E-state index contributed by atoms with van der Waals surface area (Å²) in [7, 11) is 0. The van der Waals surface area contributed by atoms with E-state index in [9.17, 15) is 9.59 Å². The molecule has 8 nitrogen and oxygen atoms in total. The Balaban J connectivity index is 2.13. The molecular formula is C21H25Cl2N3O5S. The number of ether oxygens (including phenoxy) is 3. The Morgan fingerprint density at radius 3 is 1.94 bits per heavy atom. The van der Waals surface area contributed by atoms with E-state index >= 15 is 0 Å². The van der Waals surface area contributed by atoms with Crippen LogP contribution in [0.1, 0.15) is 48.0 Å². The fraction of sp³-hybridized carbons (Fsp3) is 0.476. The van der Waals surface area contributed by atoms with E-state index < -0.39 is 28.4 Å². The van der Waals surface area contributed by atoms with E-state index in [4.69, 9.17) is 37.4 Å². The highest BCUT2D eigenvalue weighted by Crippen LogP contribution is 2.31. The molecular weight excluding hydrogens is 477 g/mol. The van der Waals surface area contributed by atoms with Crippen LogP contribution in [0.3, 0.4) is 0 Å². The van der Waals surface area contributed by atoms with Gasteiger partial charge in [0.25, 0.3) is 0 Å². The lowest BCUT2D eigenvalue weighted by Gasteiger charge is -2.25. The van der Waals surface area contributed by atoms with Crippen molar-refractivity contribution in [3.8, 4) is 11.8 Å². The molecule has 2 aromatic rings. The molecule has 1 atom stereocenters. The lowest BCUT2D eigenvalue weighted by molar-refractivity contribution is -0.161. The summed E-state index contributed by atoms with van der Waals surface area (Å²) >= 11 is 12.7. The molecule has 11 heteroatoms. The van der Waals surface area contributed by atoms with Crippen molar-refractivity contribution in [1.29, 1.82) is 0 Å². The van der Waals surface area contributed by atoms with Gasteiger partial charge in [-0.3, -0.25) is 9.59 Å². The molecule has 2 rings (SSSR count). The summed E-state index contributed by atoms with van der Waals surface area (Å²) in [6.45, 7) is 10.6. The number of rotatable bonds is 7. The Labute approximate surface area is 201 Å². The number of aromatic nitrogens is 3. The molecule has 174 valence electrons. The van der Waals surface area contributed by atoms with Crippen molar-refractivity contribution in [2.45, 2.75) is 69.3 Å². The SMILES string of the molecule is CC(C)(C)OC(=O)CC(Sc1ccc(Oc2nc(Cl)nc(Cl)n2)cc1)C(=O)OC(C)(C)C. The van der Waals surface area contributed by atoms with Gasteiger partial charge in [-0.2, -0.15) is 15.0 Å². The molecule has 0 N–H and O–H groups in total. The maximum atomic E-state index is 12.7. The number of carbonyl (C=O) groups excluding carboxylic acids is 2. The van der Waals surface area contributed by atoms with Crippen LogP contribution in [0.5, 0.6) is 11.8 Å².